The van der Waals surface area contributed by atoms with Gasteiger partial charge in [-0.2, -0.15) is 5.26 Å². The number of hydrogen-bond donors (Lipinski definition) is 1. The largest absolute Gasteiger partial charge is 0.342 e. The summed E-state index contributed by atoms with van der Waals surface area (Å²) in [4.78, 5) is 22.1. The zero-order valence-electron chi connectivity index (χ0n) is 13.7. The lowest BCUT2D eigenvalue weighted by atomic mass is 9.77. The molecule has 0 aliphatic carbocycles. The lowest BCUT2D eigenvalue weighted by Gasteiger charge is -2.42. The molecule has 1 aromatic heterocycles. The Morgan fingerprint density at radius 1 is 1.48 bits per heavy atom. The summed E-state index contributed by atoms with van der Waals surface area (Å²) in [6.45, 7) is 4.82. The first kappa shape index (κ1) is 15.5. The van der Waals surface area contributed by atoms with Crippen LogP contribution in [0.3, 0.4) is 0 Å². The number of aryl methyl sites for hydroxylation is 1. The Bertz CT molecular complexity index is 723. The van der Waals surface area contributed by atoms with Crippen LogP contribution in [0, 0.1) is 16.7 Å². The number of para-hydroxylation sites is 2. The molecule has 0 radical (unpaired) electrons. The number of imidazole rings is 1. The third kappa shape index (κ3) is 3.07. The van der Waals surface area contributed by atoms with Crippen molar-refractivity contribution in [1.29, 1.82) is 5.26 Å². The number of hydrogen-bond acceptors (Lipinski definition) is 3. The van der Waals surface area contributed by atoms with Gasteiger partial charge in [-0.25, -0.2) is 4.98 Å². The summed E-state index contributed by atoms with van der Waals surface area (Å²) in [6.07, 6.45) is 2.90. The Hall–Kier alpha value is -2.35. The number of nitrogens with one attached hydrogen (secondary N) is 1. The number of H-pyrrole nitrogens is 1. The lowest BCUT2D eigenvalue weighted by Crippen LogP contribution is -2.51. The van der Waals surface area contributed by atoms with Crippen LogP contribution in [0.1, 0.15) is 38.9 Å². The monoisotopic (exact) mass is 310 g/mol. The molecule has 3 rings (SSSR count). The Labute approximate surface area is 136 Å². The van der Waals surface area contributed by atoms with Gasteiger partial charge in [-0.05, 0) is 30.4 Å². The van der Waals surface area contributed by atoms with Crippen LogP contribution >= 0.6 is 0 Å². The number of aromatic amines is 1. The quantitative estimate of drug-likeness (QED) is 0.947. The van der Waals surface area contributed by atoms with Crippen molar-refractivity contribution in [3.63, 3.8) is 0 Å². The molecule has 1 saturated heterocycles. The number of nitrogens with zero attached hydrogens (tertiary/aromatic N) is 3. The van der Waals surface area contributed by atoms with Gasteiger partial charge in [0.25, 0.3) is 0 Å². The van der Waals surface area contributed by atoms with Crippen LogP contribution < -0.4 is 0 Å². The van der Waals surface area contributed by atoms with Crippen LogP contribution in [-0.4, -0.2) is 33.4 Å². The molecule has 1 unspecified atom stereocenters. The van der Waals surface area contributed by atoms with Crippen LogP contribution in [-0.2, 0) is 11.2 Å². The van der Waals surface area contributed by atoms with Crippen molar-refractivity contribution in [3.05, 3.63) is 30.1 Å². The average Bonchev–Trinajstić information content (AvgIpc) is 2.94. The average molecular weight is 310 g/mol. The zero-order valence-corrected chi connectivity index (χ0v) is 13.7. The minimum Gasteiger partial charge on any atom is -0.342 e. The van der Waals surface area contributed by atoms with E-state index in [1.807, 2.05) is 24.3 Å². The summed E-state index contributed by atoms with van der Waals surface area (Å²) in [6, 6.07) is 9.84. The first-order valence-corrected chi connectivity index (χ1v) is 8.14. The number of nitriles is 1. The van der Waals surface area contributed by atoms with Crippen molar-refractivity contribution in [2.24, 2.45) is 5.41 Å². The highest BCUT2D eigenvalue weighted by molar-refractivity contribution is 5.78. The molecule has 0 spiro atoms. The van der Waals surface area contributed by atoms with E-state index in [4.69, 9.17) is 0 Å². The van der Waals surface area contributed by atoms with Crippen molar-refractivity contribution in [2.45, 2.75) is 45.6 Å². The number of rotatable bonds is 3. The smallest absolute Gasteiger partial charge is 0.224 e. The summed E-state index contributed by atoms with van der Waals surface area (Å²) in [5.41, 5.74) is 1.77. The number of fused-ring (bicyclic) bond motifs is 1. The molecule has 5 heteroatoms. The molecular weight excluding hydrogens is 288 g/mol. The van der Waals surface area contributed by atoms with Crippen molar-refractivity contribution in [2.75, 3.05) is 6.54 Å². The molecule has 23 heavy (non-hydrogen) atoms. The van der Waals surface area contributed by atoms with Gasteiger partial charge in [0.15, 0.2) is 0 Å². The predicted octanol–water partition coefficient (Wildman–Crippen LogP) is 3.04. The second kappa shape index (κ2) is 6.04. The summed E-state index contributed by atoms with van der Waals surface area (Å²) in [5.74, 6) is 0.870. The highest BCUT2D eigenvalue weighted by atomic mass is 16.2. The fraction of sp³-hybridized carbons (Fsp3) is 0.500. The molecular formula is C18H22N4O. The standard InChI is InChI=1S/C18H22N4O/c1-18(2)10-5-11-22(15(18)12-19)17(23)9-8-16-20-13-6-3-4-7-14(13)21-16/h3-4,6-7,15H,5,8-11H2,1-2H3,(H,20,21). The van der Waals surface area contributed by atoms with E-state index in [9.17, 15) is 10.1 Å². The molecule has 5 nitrogen and oxygen atoms in total. The Kier molecular flexibility index (Phi) is 4.08. The number of likely N-dealkylation sites (tertiary alicyclic amines) is 1. The maximum absolute atomic E-state index is 12.6. The van der Waals surface area contributed by atoms with Gasteiger partial charge in [-0.15, -0.1) is 0 Å². The van der Waals surface area contributed by atoms with E-state index in [1.165, 1.54) is 0 Å². The van der Waals surface area contributed by atoms with Gasteiger partial charge in [0.2, 0.25) is 5.91 Å². The van der Waals surface area contributed by atoms with E-state index in [-0.39, 0.29) is 17.4 Å². The number of aromatic nitrogens is 2. The summed E-state index contributed by atoms with van der Waals surface area (Å²) in [5, 5.41) is 9.46. The fourth-order valence-electron chi connectivity index (χ4n) is 3.40. The van der Waals surface area contributed by atoms with Crippen LogP contribution in [0.2, 0.25) is 0 Å². The minimum absolute atomic E-state index is 0.0461. The third-order valence-electron chi connectivity index (χ3n) is 4.73. The SMILES string of the molecule is CC1(C)CCCN(C(=O)CCc2nc3ccccc3[nH]2)C1C#N. The van der Waals surface area contributed by atoms with Gasteiger partial charge in [0.05, 0.1) is 17.1 Å². The molecule has 1 N–H and O–H groups in total. The summed E-state index contributed by atoms with van der Waals surface area (Å²) < 4.78 is 0. The molecule has 120 valence electrons. The Balaban J connectivity index is 1.68. The second-order valence-electron chi connectivity index (χ2n) is 6.91. The second-order valence-corrected chi connectivity index (χ2v) is 6.91. The number of amides is 1. The van der Waals surface area contributed by atoms with Crippen LogP contribution in [0.4, 0.5) is 0 Å². The van der Waals surface area contributed by atoms with E-state index in [0.717, 1.165) is 29.7 Å². The van der Waals surface area contributed by atoms with Crippen molar-refractivity contribution in [1.82, 2.24) is 14.9 Å². The molecule has 0 bridgehead atoms. The molecule has 1 amide bonds. The highest BCUT2D eigenvalue weighted by Crippen LogP contribution is 2.35. The first-order chi connectivity index (χ1) is 11.0. The van der Waals surface area contributed by atoms with E-state index >= 15 is 0 Å². The molecule has 2 aromatic rings. The van der Waals surface area contributed by atoms with Gasteiger partial charge in [0.1, 0.15) is 11.9 Å². The maximum atomic E-state index is 12.6. The summed E-state index contributed by atoms with van der Waals surface area (Å²) >= 11 is 0. The minimum atomic E-state index is -0.334. The van der Waals surface area contributed by atoms with Crippen molar-refractivity contribution in [3.8, 4) is 6.07 Å². The molecule has 1 aliphatic heterocycles. The molecule has 1 aromatic carbocycles. The van der Waals surface area contributed by atoms with E-state index in [1.54, 1.807) is 4.90 Å². The Morgan fingerprint density at radius 2 is 2.26 bits per heavy atom. The van der Waals surface area contributed by atoms with Crippen LogP contribution in [0.5, 0.6) is 0 Å². The van der Waals surface area contributed by atoms with E-state index < -0.39 is 0 Å². The van der Waals surface area contributed by atoms with E-state index in [2.05, 4.69) is 29.9 Å². The lowest BCUT2D eigenvalue weighted by molar-refractivity contribution is -0.136. The normalized spacial score (nSPS) is 20.4. The highest BCUT2D eigenvalue weighted by Gasteiger charge is 2.39. The summed E-state index contributed by atoms with van der Waals surface area (Å²) in [7, 11) is 0. The van der Waals surface area contributed by atoms with Gasteiger partial charge < -0.3 is 9.88 Å². The number of carbonyl (C=O) groups is 1. The van der Waals surface area contributed by atoms with Gasteiger partial charge in [0, 0.05) is 19.4 Å². The number of benzene rings is 1. The van der Waals surface area contributed by atoms with Crippen molar-refractivity contribution >= 4 is 16.9 Å². The molecule has 0 saturated carbocycles. The van der Waals surface area contributed by atoms with Crippen LogP contribution in [0.25, 0.3) is 11.0 Å². The predicted molar refractivity (Wildman–Crippen MR) is 88.5 cm³/mol. The molecule has 1 aliphatic rings. The fourth-order valence-corrected chi connectivity index (χ4v) is 3.40. The van der Waals surface area contributed by atoms with Gasteiger partial charge in [-0.3, -0.25) is 4.79 Å². The van der Waals surface area contributed by atoms with E-state index in [0.29, 0.717) is 19.4 Å². The van der Waals surface area contributed by atoms with Crippen LogP contribution in [0.15, 0.2) is 24.3 Å². The topological polar surface area (TPSA) is 72.8 Å². The van der Waals surface area contributed by atoms with Gasteiger partial charge >= 0.3 is 0 Å². The van der Waals surface area contributed by atoms with Crippen molar-refractivity contribution < 1.29 is 4.79 Å². The number of carbonyl (C=O) groups excluding carboxylic acids is 1. The zero-order chi connectivity index (χ0) is 16.4. The first-order valence-electron chi connectivity index (χ1n) is 8.14. The maximum Gasteiger partial charge on any atom is 0.224 e. The third-order valence-corrected chi connectivity index (χ3v) is 4.73. The number of piperidine rings is 1. The van der Waals surface area contributed by atoms with Gasteiger partial charge in [-0.1, -0.05) is 26.0 Å². The molecule has 2 heterocycles. The molecule has 1 atom stereocenters. The Morgan fingerprint density at radius 3 is 3.00 bits per heavy atom. The molecule has 1 fully saturated rings.